The first-order chi connectivity index (χ1) is 9.09. The third-order valence-electron chi connectivity index (χ3n) is 2.91. The van der Waals surface area contributed by atoms with E-state index in [0.29, 0.717) is 12.2 Å². The van der Waals surface area contributed by atoms with Crippen molar-refractivity contribution < 1.29 is 9.13 Å². The Labute approximate surface area is 116 Å². The van der Waals surface area contributed by atoms with E-state index in [1.165, 1.54) is 10.9 Å². The maximum absolute atomic E-state index is 13.8. The Bertz CT molecular complexity index is 554. The summed E-state index contributed by atoms with van der Waals surface area (Å²) in [7, 11) is 0. The number of nitrogens with zero attached hydrogens (tertiary/aromatic N) is 1. The van der Waals surface area contributed by atoms with E-state index in [9.17, 15) is 4.39 Å². The van der Waals surface area contributed by atoms with Gasteiger partial charge in [-0.2, -0.15) is 0 Å². The van der Waals surface area contributed by atoms with Gasteiger partial charge in [0, 0.05) is 22.9 Å². The van der Waals surface area contributed by atoms with Crippen LogP contribution in [0.5, 0.6) is 5.75 Å². The Morgan fingerprint density at radius 3 is 2.89 bits per heavy atom. The second-order valence-electron chi connectivity index (χ2n) is 4.41. The van der Waals surface area contributed by atoms with E-state index in [2.05, 4.69) is 4.98 Å². The van der Waals surface area contributed by atoms with Crippen molar-refractivity contribution in [2.24, 2.45) is 5.73 Å². The van der Waals surface area contributed by atoms with Gasteiger partial charge in [0.2, 0.25) is 0 Å². The number of aromatic nitrogens is 1. The predicted octanol–water partition coefficient (Wildman–Crippen LogP) is 3.23. The van der Waals surface area contributed by atoms with Crippen LogP contribution >= 0.6 is 11.3 Å². The highest BCUT2D eigenvalue weighted by Gasteiger charge is 2.13. The summed E-state index contributed by atoms with van der Waals surface area (Å²) in [5, 5.41) is 0. The van der Waals surface area contributed by atoms with Crippen molar-refractivity contribution in [3.63, 3.8) is 0 Å². The van der Waals surface area contributed by atoms with Gasteiger partial charge in [0.25, 0.3) is 0 Å². The Hall–Kier alpha value is -1.46. The van der Waals surface area contributed by atoms with Crippen molar-refractivity contribution in [3.05, 3.63) is 45.7 Å². The molecule has 0 fully saturated rings. The third-order valence-corrected chi connectivity index (χ3v) is 3.90. The molecule has 19 heavy (non-hydrogen) atoms. The molecule has 0 saturated heterocycles. The number of para-hydroxylation sites is 1. The highest BCUT2D eigenvalue weighted by molar-refractivity contribution is 7.09. The van der Waals surface area contributed by atoms with Crippen LogP contribution in [0.25, 0.3) is 0 Å². The summed E-state index contributed by atoms with van der Waals surface area (Å²) in [6.07, 6.45) is 0.725. The molecule has 0 spiro atoms. The molecule has 1 aromatic heterocycles. The van der Waals surface area contributed by atoms with Gasteiger partial charge >= 0.3 is 0 Å². The zero-order valence-corrected chi connectivity index (χ0v) is 11.8. The monoisotopic (exact) mass is 280 g/mol. The summed E-state index contributed by atoms with van der Waals surface area (Å²) in [5.74, 6) is -0.101. The molecule has 2 N–H and O–H groups in total. The van der Waals surface area contributed by atoms with Crippen LogP contribution in [0.2, 0.25) is 0 Å². The normalized spacial score (nSPS) is 12.4. The molecule has 0 bridgehead atoms. The summed E-state index contributed by atoms with van der Waals surface area (Å²) >= 11 is 1.59. The predicted molar refractivity (Wildman–Crippen MR) is 75.1 cm³/mol. The Morgan fingerprint density at radius 1 is 1.47 bits per heavy atom. The fourth-order valence-corrected chi connectivity index (χ4v) is 2.61. The minimum Gasteiger partial charge on any atom is -0.490 e. The maximum atomic E-state index is 13.8. The second kappa shape index (κ2) is 6.12. The molecule has 0 aliphatic rings. The first-order valence-corrected chi connectivity index (χ1v) is 7.03. The average Bonchev–Trinajstić information content (AvgIpc) is 2.77. The highest BCUT2D eigenvalue weighted by Crippen LogP contribution is 2.27. The van der Waals surface area contributed by atoms with Crippen LogP contribution in [-0.4, -0.2) is 11.6 Å². The number of hydrogen-bond donors (Lipinski definition) is 1. The van der Waals surface area contributed by atoms with Crippen LogP contribution < -0.4 is 10.5 Å². The molecule has 0 radical (unpaired) electrons. The number of rotatable bonds is 5. The molecule has 0 unspecified atom stereocenters. The van der Waals surface area contributed by atoms with Gasteiger partial charge in [-0.1, -0.05) is 12.1 Å². The molecule has 0 aliphatic carbocycles. The number of nitrogens with two attached hydrogens (primary N) is 1. The molecule has 1 aromatic carbocycles. The molecule has 1 heterocycles. The fourth-order valence-electron chi connectivity index (χ4n) is 1.85. The molecular weight excluding hydrogens is 263 g/mol. The van der Waals surface area contributed by atoms with Crippen LogP contribution in [0, 0.1) is 12.7 Å². The van der Waals surface area contributed by atoms with Crippen LogP contribution in [-0.2, 0) is 6.42 Å². The standard InChI is InChI=1S/C14H17FN2OS/c1-9(16)11-4-3-5-12(15)14(11)18-7-6-13-10(2)17-8-19-13/h3-5,8-9H,6-7,16H2,1-2H3/t9-/m1/s1. The lowest BCUT2D eigenvalue weighted by atomic mass is 10.1. The SMILES string of the molecule is Cc1ncsc1CCOc1c(F)cccc1[C@@H](C)N. The van der Waals surface area contributed by atoms with E-state index in [4.69, 9.17) is 10.5 Å². The maximum Gasteiger partial charge on any atom is 0.165 e. The number of aryl methyl sites for hydroxylation is 1. The van der Waals surface area contributed by atoms with E-state index in [-0.39, 0.29) is 17.6 Å². The molecule has 2 aromatic rings. The summed E-state index contributed by atoms with van der Waals surface area (Å²) in [6.45, 7) is 4.20. The van der Waals surface area contributed by atoms with Gasteiger partial charge in [-0.3, -0.25) is 0 Å². The van der Waals surface area contributed by atoms with Crippen LogP contribution in [0.15, 0.2) is 23.7 Å². The van der Waals surface area contributed by atoms with E-state index >= 15 is 0 Å². The molecule has 1 atom stereocenters. The second-order valence-corrected chi connectivity index (χ2v) is 5.35. The van der Waals surface area contributed by atoms with E-state index in [1.807, 2.05) is 13.8 Å². The van der Waals surface area contributed by atoms with Crippen molar-refractivity contribution in [1.29, 1.82) is 0 Å². The topological polar surface area (TPSA) is 48.1 Å². The zero-order valence-electron chi connectivity index (χ0n) is 11.0. The molecule has 5 heteroatoms. The summed E-state index contributed by atoms with van der Waals surface area (Å²) < 4.78 is 19.3. The molecule has 0 aliphatic heterocycles. The van der Waals surface area contributed by atoms with E-state index in [0.717, 1.165) is 12.1 Å². The minimum absolute atomic E-state index is 0.254. The van der Waals surface area contributed by atoms with Gasteiger partial charge in [-0.25, -0.2) is 9.37 Å². The number of hydrogen-bond acceptors (Lipinski definition) is 4. The lowest BCUT2D eigenvalue weighted by molar-refractivity contribution is 0.301. The summed E-state index contributed by atoms with van der Waals surface area (Å²) in [4.78, 5) is 5.34. The lowest BCUT2D eigenvalue weighted by Crippen LogP contribution is -2.11. The zero-order chi connectivity index (χ0) is 13.8. The Balaban J connectivity index is 2.05. The van der Waals surface area contributed by atoms with Gasteiger partial charge < -0.3 is 10.5 Å². The van der Waals surface area contributed by atoms with Crippen LogP contribution in [0.3, 0.4) is 0 Å². The van der Waals surface area contributed by atoms with Gasteiger partial charge in [0.05, 0.1) is 17.8 Å². The molecule has 0 amide bonds. The smallest absolute Gasteiger partial charge is 0.165 e. The van der Waals surface area contributed by atoms with Gasteiger partial charge in [-0.05, 0) is 19.9 Å². The highest BCUT2D eigenvalue weighted by atomic mass is 32.1. The van der Waals surface area contributed by atoms with E-state index < -0.39 is 0 Å². The van der Waals surface area contributed by atoms with Gasteiger partial charge in [-0.15, -0.1) is 11.3 Å². The average molecular weight is 280 g/mol. The van der Waals surface area contributed by atoms with Crippen molar-refractivity contribution in [3.8, 4) is 5.75 Å². The summed E-state index contributed by atoms with van der Waals surface area (Å²) in [6, 6.07) is 4.57. The quantitative estimate of drug-likeness (QED) is 0.914. The van der Waals surface area contributed by atoms with Crippen molar-refractivity contribution >= 4 is 11.3 Å². The fraction of sp³-hybridized carbons (Fsp3) is 0.357. The van der Waals surface area contributed by atoms with E-state index in [1.54, 1.807) is 29.0 Å². The van der Waals surface area contributed by atoms with Crippen LogP contribution in [0.1, 0.15) is 29.1 Å². The molecule has 0 saturated carbocycles. The van der Waals surface area contributed by atoms with Crippen LogP contribution in [0.4, 0.5) is 4.39 Å². The van der Waals surface area contributed by atoms with Crippen molar-refractivity contribution in [1.82, 2.24) is 4.98 Å². The largest absolute Gasteiger partial charge is 0.490 e. The number of halogens is 1. The number of thiazole rings is 1. The molecule has 102 valence electrons. The molecular formula is C14H17FN2OS. The molecule has 3 nitrogen and oxygen atoms in total. The minimum atomic E-state index is -0.365. The third kappa shape index (κ3) is 3.30. The Morgan fingerprint density at radius 2 is 2.26 bits per heavy atom. The number of ether oxygens (including phenoxy) is 1. The van der Waals surface area contributed by atoms with Gasteiger partial charge in [0.15, 0.2) is 11.6 Å². The first-order valence-electron chi connectivity index (χ1n) is 6.15. The summed E-state index contributed by atoms with van der Waals surface area (Å²) in [5.41, 5.74) is 9.33. The number of benzene rings is 1. The van der Waals surface area contributed by atoms with Crippen molar-refractivity contribution in [2.75, 3.05) is 6.61 Å². The molecule has 2 rings (SSSR count). The lowest BCUT2D eigenvalue weighted by Gasteiger charge is -2.14. The Kier molecular flexibility index (Phi) is 4.50. The van der Waals surface area contributed by atoms with Gasteiger partial charge in [0.1, 0.15) is 0 Å². The first kappa shape index (κ1) is 14.0. The van der Waals surface area contributed by atoms with Crippen molar-refractivity contribution in [2.45, 2.75) is 26.3 Å².